The summed E-state index contributed by atoms with van der Waals surface area (Å²) >= 11 is 1.19. The number of carbonyl (C=O) groups excluding carboxylic acids is 1. The third kappa shape index (κ3) is 3.32. The number of rotatable bonds is 4. The van der Waals surface area contributed by atoms with E-state index in [1.165, 1.54) is 22.9 Å². The molecule has 0 aliphatic rings. The van der Waals surface area contributed by atoms with Crippen molar-refractivity contribution in [3.63, 3.8) is 0 Å². The predicted molar refractivity (Wildman–Crippen MR) is 72.9 cm³/mol. The molecule has 3 N–H and O–H groups in total. The van der Waals surface area contributed by atoms with Gasteiger partial charge < -0.3 is 15.7 Å². The van der Waals surface area contributed by atoms with Gasteiger partial charge in [-0.25, -0.2) is 14.6 Å². The van der Waals surface area contributed by atoms with Crippen molar-refractivity contribution in [3.8, 4) is 0 Å². The van der Waals surface area contributed by atoms with Gasteiger partial charge in [-0.3, -0.25) is 4.68 Å². The summed E-state index contributed by atoms with van der Waals surface area (Å²) in [7, 11) is 1.74. The van der Waals surface area contributed by atoms with Crippen molar-refractivity contribution < 1.29 is 14.7 Å². The van der Waals surface area contributed by atoms with Gasteiger partial charge in [-0.1, -0.05) is 0 Å². The molecule has 2 rings (SSSR count). The minimum atomic E-state index is -1.08. The van der Waals surface area contributed by atoms with E-state index in [2.05, 4.69) is 20.7 Å². The Labute approximate surface area is 118 Å². The zero-order chi connectivity index (χ0) is 14.7. The molecule has 0 aromatic carbocycles. The maximum absolute atomic E-state index is 11.7. The molecule has 0 saturated heterocycles. The molecule has 1 atom stereocenters. The van der Waals surface area contributed by atoms with Crippen molar-refractivity contribution in [2.24, 2.45) is 7.05 Å². The Balaban J connectivity index is 1.94. The number of thiazole rings is 1. The maximum atomic E-state index is 11.7. The molecule has 2 aromatic rings. The quantitative estimate of drug-likeness (QED) is 0.791. The van der Waals surface area contributed by atoms with Crippen LogP contribution in [0.15, 0.2) is 17.8 Å². The van der Waals surface area contributed by atoms with Crippen LogP contribution < -0.4 is 10.6 Å². The van der Waals surface area contributed by atoms with Crippen LogP contribution in [-0.2, 0) is 7.05 Å². The first-order valence-electron chi connectivity index (χ1n) is 5.70. The molecule has 0 spiro atoms. The lowest BCUT2D eigenvalue weighted by Crippen LogP contribution is -2.31. The van der Waals surface area contributed by atoms with E-state index in [1.54, 1.807) is 24.9 Å². The molecule has 8 nitrogen and oxygen atoms in total. The Bertz CT molecular complexity index is 636. The minimum absolute atomic E-state index is 0.0219. The number of carboxylic acids is 1. The Hall–Kier alpha value is -2.42. The molecule has 106 valence electrons. The number of anilines is 1. The number of carboxylic acid groups (broad SMARTS) is 1. The highest BCUT2D eigenvalue weighted by atomic mass is 32.1. The molecule has 0 aliphatic carbocycles. The fourth-order valence-electron chi connectivity index (χ4n) is 1.50. The molecule has 20 heavy (non-hydrogen) atoms. The fraction of sp³-hybridized carbons (Fsp3) is 0.273. The maximum Gasteiger partial charge on any atom is 0.355 e. The van der Waals surface area contributed by atoms with Gasteiger partial charge in [-0.15, -0.1) is 11.3 Å². The number of hydrogen-bond donors (Lipinski definition) is 3. The highest BCUT2D eigenvalue weighted by Crippen LogP contribution is 2.18. The second-order valence-corrected chi connectivity index (χ2v) is 4.99. The van der Waals surface area contributed by atoms with Gasteiger partial charge in [0.25, 0.3) is 0 Å². The Morgan fingerprint density at radius 2 is 2.25 bits per heavy atom. The van der Waals surface area contributed by atoms with Crippen LogP contribution in [-0.4, -0.2) is 31.9 Å². The van der Waals surface area contributed by atoms with Crippen molar-refractivity contribution in [3.05, 3.63) is 28.5 Å². The molecule has 0 radical (unpaired) electrons. The zero-order valence-corrected chi connectivity index (χ0v) is 11.6. The van der Waals surface area contributed by atoms with Crippen molar-refractivity contribution in [1.82, 2.24) is 20.1 Å². The zero-order valence-electron chi connectivity index (χ0n) is 10.8. The first kappa shape index (κ1) is 14.0. The Kier molecular flexibility index (Phi) is 3.99. The molecule has 0 saturated carbocycles. The molecule has 9 heteroatoms. The van der Waals surface area contributed by atoms with Crippen LogP contribution in [0.4, 0.5) is 10.5 Å². The molecule has 0 fully saturated rings. The van der Waals surface area contributed by atoms with E-state index in [4.69, 9.17) is 5.11 Å². The smallest absolute Gasteiger partial charge is 0.355 e. The molecule has 2 amide bonds. The van der Waals surface area contributed by atoms with Crippen LogP contribution in [0.3, 0.4) is 0 Å². The van der Waals surface area contributed by atoms with Crippen LogP contribution in [0.2, 0.25) is 0 Å². The van der Waals surface area contributed by atoms with E-state index in [1.807, 2.05) is 0 Å². The average molecular weight is 295 g/mol. The lowest BCUT2D eigenvalue weighted by molar-refractivity contribution is 0.0691. The lowest BCUT2D eigenvalue weighted by atomic mass is 10.3. The molecule has 1 unspecified atom stereocenters. The van der Waals surface area contributed by atoms with Crippen LogP contribution in [0.5, 0.6) is 0 Å². The second kappa shape index (κ2) is 5.70. The predicted octanol–water partition coefficient (Wildman–Crippen LogP) is 1.46. The molecule has 2 aromatic heterocycles. The normalized spacial score (nSPS) is 11.9. The summed E-state index contributed by atoms with van der Waals surface area (Å²) in [5.74, 6) is -1.08. The molecular weight excluding hydrogens is 282 g/mol. The number of aryl methyl sites for hydroxylation is 1. The average Bonchev–Trinajstić information content (AvgIpc) is 2.98. The molecule has 0 aliphatic heterocycles. The van der Waals surface area contributed by atoms with E-state index in [0.717, 1.165) is 0 Å². The molecular formula is C11H13N5O3S. The van der Waals surface area contributed by atoms with E-state index in [9.17, 15) is 9.59 Å². The van der Waals surface area contributed by atoms with E-state index in [-0.39, 0.29) is 11.7 Å². The summed E-state index contributed by atoms with van der Waals surface area (Å²) in [6, 6.07) is -0.789. The largest absolute Gasteiger partial charge is 0.476 e. The van der Waals surface area contributed by atoms with Gasteiger partial charge in [0, 0.05) is 18.6 Å². The van der Waals surface area contributed by atoms with Gasteiger partial charge in [-0.2, -0.15) is 5.10 Å². The van der Waals surface area contributed by atoms with Gasteiger partial charge in [0.15, 0.2) is 5.69 Å². The highest BCUT2D eigenvalue weighted by molar-refractivity contribution is 7.09. The number of hydrogen-bond acceptors (Lipinski definition) is 5. The Morgan fingerprint density at radius 3 is 2.80 bits per heavy atom. The third-order valence-electron chi connectivity index (χ3n) is 2.42. The summed E-state index contributed by atoms with van der Waals surface area (Å²) < 4.78 is 1.57. The number of carbonyl (C=O) groups is 2. The monoisotopic (exact) mass is 295 g/mol. The number of amides is 2. The van der Waals surface area contributed by atoms with Gasteiger partial charge in [0.1, 0.15) is 5.01 Å². The number of nitrogens with one attached hydrogen (secondary N) is 2. The number of aromatic nitrogens is 3. The van der Waals surface area contributed by atoms with Crippen molar-refractivity contribution in [2.45, 2.75) is 13.0 Å². The van der Waals surface area contributed by atoms with E-state index >= 15 is 0 Å². The molecule has 0 bridgehead atoms. The number of urea groups is 1. The van der Waals surface area contributed by atoms with Crippen LogP contribution in [0.25, 0.3) is 0 Å². The van der Waals surface area contributed by atoms with Crippen LogP contribution in [0.1, 0.15) is 28.5 Å². The van der Waals surface area contributed by atoms with Crippen LogP contribution in [0, 0.1) is 0 Å². The summed E-state index contributed by atoms with van der Waals surface area (Å²) in [5.41, 5.74) is 0.550. The highest BCUT2D eigenvalue weighted by Gasteiger charge is 2.16. The molecule has 2 heterocycles. The summed E-state index contributed by atoms with van der Waals surface area (Å²) in [5, 5.41) is 20.0. The lowest BCUT2D eigenvalue weighted by Gasteiger charge is -2.11. The van der Waals surface area contributed by atoms with Crippen molar-refractivity contribution in [1.29, 1.82) is 0 Å². The summed E-state index contributed by atoms with van der Waals surface area (Å²) in [6.07, 6.45) is 3.19. The standard InChI is InChI=1S/C11H13N5O3S/c1-6(9-15-8(5-20-9)10(17)18)13-11(19)14-7-3-12-16(2)4-7/h3-6H,1-2H3,(H,17,18)(H2,13,14,19). The van der Waals surface area contributed by atoms with Gasteiger partial charge in [-0.05, 0) is 6.92 Å². The topological polar surface area (TPSA) is 109 Å². The van der Waals surface area contributed by atoms with E-state index < -0.39 is 12.0 Å². The number of aromatic carboxylic acids is 1. The van der Waals surface area contributed by atoms with Gasteiger partial charge in [0.2, 0.25) is 0 Å². The Morgan fingerprint density at radius 1 is 1.50 bits per heavy atom. The van der Waals surface area contributed by atoms with Crippen molar-refractivity contribution in [2.75, 3.05) is 5.32 Å². The minimum Gasteiger partial charge on any atom is -0.476 e. The van der Waals surface area contributed by atoms with Gasteiger partial charge in [0.05, 0.1) is 17.9 Å². The number of nitrogens with zero attached hydrogens (tertiary/aromatic N) is 3. The summed E-state index contributed by atoms with van der Waals surface area (Å²) in [6.45, 7) is 1.73. The fourth-order valence-corrected chi connectivity index (χ4v) is 2.30. The first-order valence-corrected chi connectivity index (χ1v) is 6.58. The second-order valence-electron chi connectivity index (χ2n) is 4.10. The SMILES string of the molecule is CC(NC(=O)Nc1cnn(C)c1)c1nc(C(=O)O)cs1. The van der Waals surface area contributed by atoms with E-state index in [0.29, 0.717) is 10.7 Å². The summed E-state index contributed by atoms with van der Waals surface area (Å²) in [4.78, 5) is 26.4. The first-order chi connectivity index (χ1) is 9.45. The van der Waals surface area contributed by atoms with Crippen LogP contribution >= 0.6 is 11.3 Å². The van der Waals surface area contributed by atoms with Gasteiger partial charge >= 0.3 is 12.0 Å². The third-order valence-corrected chi connectivity index (χ3v) is 3.45. The van der Waals surface area contributed by atoms with Crippen molar-refractivity contribution >= 4 is 29.0 Å².